The molecule has 2 fully saturated rings. The molecule has 1 saturated carbocycles. The normalized spacial score (nSPS) is 21.0. The van der Waals surface area contributed by atoms with Gasteiger partial charge in [-0.15, -0.1) is 23.7 Å². The van der Waals surface area contributed by atoms with Crippen LogP contribution >= 0.6 is 23.7 Å². The Morgan fingerprint density at radius 3 is 2.62 bits per heavy atom. The molecule has 1 aromatic heterocycles. The highest BCUT2D eigenvalue weighted by atomic mass is 35.5. The molecule has 1 saturated heterocycles. The Morgan fingerprint density at radius 2 is 1.90 bits per heavy atom. The van der Waals surface area contributed by atoms with E-state index in [0.29, 0.717) is 11.8 Å². The molecule has 0 unspecified atom stereocenters. The summed E-state index contributed by atoms with van der Waals surface area (Å²) in [4.78, 5) is 17.0. The zero-order valence-corrected chi connectivity index (χ0v) is 14.1. The molecule has 0 radical (unpaired) electrons. The number of nitrogens with zero attached hydrogens (tertiary/aromatic N) is 1. The Balaban J connectivity index is 0.00000161. The minimum atomic E-state index is 0. The topological polar surface area (TPSA) is 42.0 Å². The second-order valence-corrected chi connectivity index (χ2v) is 7.12. The third-order valence-corrected chi connectivity index (χ3v) is 5.70. The summed E-state index contributed by atoms with van der Waals surface area (Å²) in [6, 6.07) is 0. The highest BCUT2D eigenvalue weighted by Gasteiger charge is 2.22. The molecule has 0 spiro atoms. The van der Waals surface area contributed by atoms with Crippen molar-refractivity contribution in [3.8, 4) is 0 Å². The number of Topliss-reactive ketones (excluding diaryl/α,β-unsaturated/α-hetero) is 1. The van der Waals surface area contributed by atoms with Crippen LogP contribution < -0.4 is 5.32 Å². The van der Waals surface area contributed by atoms with Crippen LogP contribution in [0.5, 0.6) is 0 Å². The number of aromatic nitrogens is 1. The molecule has 0 bridgehead atoms. The van der Waals surface area contributed by atoms with E-state index in [2.05, 4.69) is 10.3 Å². The Morgan fingerprint density at radius 1 is 1.19 bits per heavy atom. The number of hydrogen-bond acceptors (Lipinski definition) is 4. The molecule has 2 aliphatic rings. The van der Waals surface area contributed by atoms with Gasteiger partial charge in [-0.05, 0) is 31.8 Å². The average molecular weight is 329 g/mol. The third kappa shape index (κ3) is 4.51. The molecule has 1 aliphatic heterocycles. The standard InChI is InChI=1S/C16H24N2OS.ClH/c19-15(10-12-4-2-1-3-5-12)14-11-20-16(18-14)13-6-8-17-9-7-13;/h11-13,17H,1-10H2;1H. The van der Waals surface area contributed by atoms with Crippen molar-refractivity contribution >= 4 is 29.5 Å². The van der Waals surface area contributed by atoms with Crippen LogP contribution in [-0.2, 0) is 0 Å². The largest absolute Gasteiger partial charge is 0.317 e. The lowest BCUT2D eigenvalue weighted by Crippen LogP contribution is -2.26. The summed E-state index contributed by atoms with van der Waals surface area (Å²) in [5.41, 5.74) is 0.731. The summed E-state index contributed by atoms with van der Waals surface area (Å²) >= 11 is 1.69. The van der Waals surface area contributed by atoms with Crippen LogP contribution in [0, 0.1) is 5.92 Å². The fourth-order valence-corrected chi connectivity index (χ4v) is 4.43. The highest BCUT2D eigenvalue weighted by Crippen LogP contribution is 2.30. The molecule has 118 valence electrons. The van der Waals surface area contributed by atoms with E-state index in [0.717, 1.165) is 38.0 Å². The number of nitrogens with one attached hydrogen (secondary N) is 1. The zero-order chi connectivity index (χ0) is 13.8. The summed E-state index contributed by atoms with van der Waals surface area (Å²) in [6.07, 6.45) is 9.45. The molecule has 1 aliphatic carbocycles. The maximum absolute atomic E-state index is 12.3. The van der Waals surface area contributed by atoms with Crippen LogP contribution in [0.3, 0.4) is 0 Å². The van der Waals surface area contributed by atoms with Crippen molar-refractivity contribution in [2.45, 2.75) is 57.3 Å². The highest BCUT2D eigenvalue weighted by molar-refractivity contribution is 7.09. The predicted molar refractivity (Wildman–Crippen MR) is 89.7 cm³/mol. The molecule has 2 heterocycles. The fraction of sp³-hybridized carbons (Fsp3) is 0.750. The summed E-state index contributed by atoms with van der Waals surface area (Å²) in [6.45, 7) is 2.16. The summed E-state index contributed by atoms with van der Waals surface area (Å²) < 4.78 is 0. The Kier molecular flexibility index (Phi) is 6.65. The average Bonchev–Trinajstić information content (AvgIpc) is 2.99. The number of piperidine rings is 1. The van der Waals surface area contributed by atoms with Gasteiger partial charge in [-0.1, -0.05) is 32.1 Å². The molecule has 5 heteroatoms. The monoisotopic (exact) mass is 328 g/mol. The van der Waals surface area contributed by atoms with Gasteiger partial charge in [-0.25, -0.2) is 4.98 Å². The minimum Gasteiger partial charge on any atom is -0.317 e. The molecular formula is C16H25ClN2OS. The van der Waals surface area contributed by atoms with Gasteiger partial charge >= 0.3 is 0 Å². The number of hydrogen-bond donors (Lipinski definition) is 1. The van der Waals surface area contributed by atoms with Gasteiger partial charge in [0, 0.05) is 17.7 Å². The van der Waals surface area contributed by atoms with E-state index in [-0.39, 0.29) is 18.2 Å². The van der Waals surface area contributed by atoms with E-state index in [9.17, 15) is 4.79 Å². The maximum atomic E-state index is 12.3. The second kappa shape index (κ2) is 8.25. The van der Waals surface area contributed by atoms with Gasteiger partial charge in [0.2, 0.25) is 0 Å². The van der Waals surface area contributed by atoms with Crippen molar-refractivity contribution in [2.24, 2.45) is 5.92 Å². The number of ketones is 1. The smallest absolute Gasteiger partial charge is 0.182 e. The Labute approximate surface area is 137 Å². The Bertz CT molecular complexity index is 451. The molecule has 0 amide bonds. The lowest BCUT2D eigenvalue weighted by molar-refractivity contribution is 0.0945. The molecular weight excluding hydrogens is 304 g/mol. The van der Waals surface area contributed by atoms with Crippen molar-refractivity contribution in [1.82, 2.24) is 10.3 Å². The van der Waals surface area contributed by atoms with E-state index < -0.39 is 0 Å². The first-order valence-electron chi connectivity index (χ1n) is 8.02. The molecule has 0 atom stereocenters. The second-order valence-electron chi connectivity index (χ2n) is 6.23. The van der Waals surface area contributed by atoms with Gasteiger partial charge in [-0.2, -0.15) is 0 Å². The van der Waals surface area contributed by atoms with E-state index >= 15 is 0 Å². The van der Waals surface area contributed by atoms with E-state index in [1.165, 1.54) is 37.1 Å². The fourth-order valence-electron chi connectivity index (χ4n) is 3.43. The molecule has 1 aromatic rings. The van der Waals surface area contributed by atoms with Crippen LogP contribution in [-0.4, -0.2) is 23.9 Å². The Hall–Kier alpha value is -0.450. The predicted octanol–water partition coefficient (Wildman–Crippen LogP) is 4.19. The van der Waals surface area contributed by atoms with Crippen molar-refractivity contribution < 1.29 is 4.79 Å². The van der Waals surface area contributed by atoms with Crippen LogP contribution in [0.15, 0.2) is 5.38 Å². The third-order valence-electron chi connectivity index (χ3n) is 4.69. The van der Waals surface area contributed by atoms with Gasteiger partial charge in [0.05, 0.1) is 5.01 Å². The van der Waals surface area contributed by atoms with Crippen molar-refractivity contribution in [3.05, 3.63) is 16.1 Å². The molecule has 0 aromatic carbocycles. The number of thiazole rings is 1. The maximum Gasteiger partial charge on any atom is 0.182 e. The quantitative estimate of drug-likeness (QED) is 0.843. The molecule has 1 N–H and O–H groups in total. The molecule has 3 nitrogen and oxygen atoms in total. The van der Waals surface area contributed by atoms with Crippen LogP contribution in [0.2, 0.25) is 0 Å². The summed E-state index contributed by atoms with van der Waals surface area (Å²) in [5, 5.41) is 6.55. The first-order valence-corrected chi connectivity index (χ1v) is 8.90. The molecule has 21 heavy (non-hydrogen) atoms. The van der Waals surface area contributed by atoms with Crippen molar-refractivity contribution in [2.75, 3.05) is 13.1 Å². The molecule has 3 rings (SSSR count). The zero-order valence-electron chi connectivity index (χ0n) is 12.5. The van der Waals surface area contributed by atoms with Gasteiger partial charge in [-0.3, -0.25) is 4.79 Å². The van der Waals surface area contributed by atoms with Crippen molar-refractivity contribution in [1.29, 1.82) is 0 Å². The minimum absolute atomic E-state index is 0. The van der Waals surface area contributed by atoms with Gasteiger partial charge < -0.3 is 5.32 Å². The summed E-state index contributed by atoms with van der Waals surface area (Å²) in [5.74, 6) is 1.45. The van der Waals surface area contributed by atoms with Gasteiger partial charge in [0.15, 0.2) is 5.78 Å². The summed E-state index contributed by atoms with van der Waals surface area (Å²) in [7, 11) is 0. The number of rotatable bonds is 4. The number of halogens is 1. The van der Waals surface area contributed by atoms with E-state index in [4.69, 9.17) is 0 Å². The van der Waals surface area contributed by atoms with Crippen LogP contribution in [0.25, 0.3) is 0 Å². The van der Waals surface area contributed by atoms with E-state index in [1.54, 1.807) is 11.3 Å². The lowest BCUT2D eigenvalue weighted by atomic mass is 9.85. The van der Waals surface area contributed by atoms with E-state index in [1.807, 2.05) is 5.38 Å². The van der Waals surface area contributed by atoms with Crippen LogP contribution in [0.4, 0.5) is 0 Å². The van der Waals surface area contributed by atoms with Crippen molar-refractivity contribution in [3.63, 3.8) is 0 Å². The van der Waals surface area contributed by atoms with Gasteiger partial charge in [0.25, 0.3) is 0 Å². The lowest BCUT2D eigenvalue weighted by Gasteiger charge is -2.20. The first kappa shape index (κ1) is 16.9. The number of carbonyl (C=O) groups excluding carboxylic acids is 1. The number of carbonyl (C=O) groups is 1. The SMILES string of the molecule is Cl.O=C(CC1CCCCC1)c1csc(C2CCNCC2)n1. The first-order chi connectivity index (χ1) is 9.83. The van der Waals surface area contributed by atoms with Gasteiger partial charge in [0.1, 0.15) is 5.69 Å². The van der Waals surface area contributed by atoms with Crippen LogP contribution in [0.1, 0.15) is 72.8 Å².